The van der Waals surface area contributed by atoms with E-state index in [0.717, 1.165) is 13.0 Å². The fourth-order valence-electron chi connectivity index (χ4n) is 2.07. The van der Waals surface area contributed by atoms with Gasteiger partial charge in [0.2, 0.25) is 0 Å². The van der Waals surface area contributed by atoms with Gasteiger partial charge < -0.3 is 19.6 Å². The van der Waals surface area contributed by atoms with Crippen LogP contribution in [0.4, 0.5) is 4.79 Å². The van der Waals surface area contributed by atoms with Gasteiger partial charge in [-0.2, -0.15) is 0 Å². The second-order valence-electron chi connectivity index (χ2n) is 4.68. The monoisotopic (exact) mass is 256 g/mol. The minimum absolute atomic E-state index is 0.502. The van der Waals surface area contributed by atoms with E-state index < -0.39 is 12.5 Å². The second kappa shape index (κ2) is 7.84. The molecule has 0 radical (unpaired) electrons. The van der Waals surface area contributed by atoms with Crippen LogP contribution in [0.3, 0.4) is 0 Å². The first-order valence-electron chi connectivity index (χ1n) is 6.70. The lowest BCUT2D eigenvalue weighted by atomic mass is 10.1. The molecule has 0 saturated carbocycles. The van der Waals surface area contributed by atoms with Crippen LogP contribution in [0.1, 0.15) is 45.4 Å². The maximum atomic E-state index is 10.6. The Hall–Kier alpha value is -1.39. The minimum atomic E-state index is -1.23. The van der Waals surface area contributed by atoms with Gasteiger partial charge in [-0.3, -0.25) is 0 Å². The van der Waals surface area contributed by atoms with Crippen LogP contribution in [0.2, 0.25) is 0 Å². The standard InChI is InChI=1S/C13H24N2O3/c1-3-4-5-6-7-8-9-15-11-10-14(2)12(15)18-13(16)17/h10-12H,3-9H2,1-2H3,(H,16,17). The summed E-state index contributed by atoms with van der Waals surface area (Å²) in [4.78, 5) is 14.3. The van der Waals surface area contributed by atoms with Crippen LogP contribution in [0.5, 0.6) is 0 Å². The van der Waals surface area contributed by atoms with Gasteiger partial charge in [0.15, 0.2) is 0 Å². The van der Waals surface area contributed by atoms with Crippen LogP contribution in [0, 0.1) is 0 Å². The summed E-state index contributed by atoms with van der Waals surface area (Å²) in [5.41, 5.74) is 0. The van der Waals surface area contributed by atoms with Gasteiger partial charge in [-0.05, 0) is 6.42 Å². The zero-order valence-electron chi connectivity index (χ0n) is 11.3. The van der Waals surface area contributed by atoms with Gasteiger partial charge in [0.25, 0.3) is 6.35 Å². The molecule has 104 valence electrons. The number of hydrogen-bond acceptors (Lipinski definition) is 4. The van der Waals surface area contributed by atoms with Crippen LogP contribution in [0.25, 0.3) is 0 Å². The summed E-state index contributed by atoms with van der Waals surface area (Å²) in [6, 6.07) is 0. The molecule has 0 bridgehead atoms. The SMILES string of the molecule is CCCCCCCCN1C=CN(C)C1OC(=O)O. The molecule has 1 aliphatic rings. The Labute approximate surface area is 109 Å². The molecule has 0 aromatic rings. The predicted molar refractivity (Wildman–Crippen MR) is 69.9 cm³/mol. The van der Waals surface area contributed by atoms with Crippen LogP contribution >= 0.6 is 0 Å². The molecule has 18 heavy (non-hydrogen) atoms. The average Bonchev–Trinajstić information content (AvgIpc) is 2.65. The van der Waals surface area contributed by atoms with Gasteiger partial charge >= 0.3 is 6.16 Å². The van der Waals surface area contributed by atoms with E-state index in [4.69, 9.17) is 9.84 Å². The molecule has 0 fully saturated rings. The fraction of sp³-hybridized carbons (Fsp3) is 0.769. The molecule has 0 spiro atoms. The summed E-state index contributed by atoms with van der Waals surface area (Å²) in [6.45, 7) is 3.05. The van der Waals surface area contributed by atoms with Crippen LogP contribution in [0.15, 0.2) is 12.4 Å². The fourth-order valence-corrected chi connectivity index (χ4v) is 2.07. The average molecular weight is 256 g/mol. The summed E-state index contributed by atoms with van der Waals surface area (Å²) >= 11 is 0. The lowest BCUT2D eigenvalue weighted by molar-refractivity contribution is -0.0677. The Balaban J connectivity index is 2.19. The molecule has 0 aromatic carbocycles. The van der Waals surface area contributed by atoms with Crippen molar-refractivity contribution in [2.24, 2.45) is 0 Å². The summed E-state index contributed by atoms with van der Waals surface area (Å²) < 4.78 is 4.84. The van der Waals surface area contributed by atoms with E-state index in [2.05, 4.69) is 6.92 Å². The van der Waals surface area contributed by atoms with Crippen molar-refractivity contribution in [3.8, 4) is 0 Å². The number of ether oxygens (including phenoxy) is 1. The van der Waals surface area contributed by atoms with Crippen molar-refractivity contribution >= 4 is 6.16 Å². The maximum absolute atomic E-state index is 10.6. The van der Waals surface area contributed by atoms with Crippen molar-refractivity contribution in [2.75, 3.05) is 13.6 Å². The van der Waals surface area contributed by atoms with Crippen molar-refractivity contribution in [1.29, 1.82) is 0 Å². The van der Waals surface area contributed by atoms with Gasteiger partial charge in [0.05, 0.1) is 0 Å². The Kier molecular flexibility index (Phi) is 6.39. The van der Waals surface area contributed by atoms with Crippen molar-refractivity contribution < 1.29 is 14.6 Å². The third kappa shape index (κ3) is 4.85. The number of unbranched alkanes of at least 4 members (excludes halogenated alkanes) is 5. The molecule has 1 rings (SSSR count). The van der Waals surface area contributed by atoms with Gasteiger partial charge in [0, 0.05) is 26.0 Å². The molecule has 0 aromatic heterocycles. The number of carbonyl (C=O) groups is 1. The molecule has 1 atom stereocenters. The first-order valence-corrected chi connectivity index (χ1v) is 6.70. The highest BCUT2D eigenvalue weighted by Crippen LogP contribution is 2.16. The smallest absolute Gasteiger partial charge is 0.450 e. The van der Waals surface area contributed by atoms with Gasteiger partial charge in [-0.1, -0.05) is 39.0 Å². The Morgan fingerprint density at radius 3 is 2.56 bits per heavy atom. The minimum Gasteiger partial charge on any atom is -0.450 e. The molecule has 0 saturated heterocycles. The summed E-state index contributed by atoms with van der Waals surface area (Å²) in [7, 11) is 1.81. The third-order valence-electron chi connectivity index (χ3n) is 3.10. The quantitative estimate of drug-likeness (QED) is 0.534. The molecule has 5 heteroatoms. The second-order valence-corrected chi connectivity index (χ2v) is 4.68. The highest BCUT2D eigenvalue weighted by molar-refractivity contribution is 5.57. The molecular weight excluding hydrogens is 232 g/mol. The van der Waals surface area contributed by atoms with E-state index in [1.54, 1.807) is 4.90 Å². The van der Waals surface area contributed by atoms with Crippen molar-refractivity contribution in [3.05, 3.63) is 12.4 Å². The van der Waals surface area contributed by atoms with Crippen molar-refractivity contribution in [2.45, 2.75) is 51.8 Å². The molecule has 0 aliphatic carbocycles. The predicted octanol–water partition coefficient (Wildman–Crippen LogP) is 3.04. The first kappa shape index (κ1) is 14.7. The van der Waals surface area contributed by atoms with E-state index in [1.165, 1.54) is 32.1 Å². The van der Waals surface area contributed by atoms with Gasteiger partial charge in [0.1, 0.15) is 0 Å². The van der Waals surface area contributed by atoms with Crippen molar-refractivity contribution in [3.63, 3.8) is 0 Å². The summed E-state index contributed by atoms with van der Waals surface area (Å²) in [5.74, 6) is 0. The van der Waals surface area contributed by atoms with E-state index in [-0.39, 0.29) is 0 Å². The maximum Gasteiger partial charge on any atom is 0.509 e. The third-order valence-corrected chi connectivity index (χ3v) is 3.10. The summed E-state index contributed by atoms with van der Waals surface area (Å²) in [6.07, 6.45) is 9.36. The zero-order valence-corrected chi connectivity index (χ0v) is 11.3. The molecule has 1 aliphatic heterocycles. The first-order chi connectivity index (χ1) is 8.65. The number of carboxylic acid groups (broad SMARTS) is 1. The topological polar surface area (TPSA) is 53.0 Å². The lowest BCUT2D eigenvalue weighted by Gasteiger charge is -2.28. The highest BCUT2D eigenvalue weighted by Gasteiger charge is 2.26. The lowest BCUT2D eigenvalue weighted by Crippen LogP contribution is -2.40. The normalized spacial score (nSPS) is 18.4. The van der Waals surface area contributed by atoms with E-state index >= 15 is 0 Å². The molecule has 5 nitrogen and oxygen atoms in total. The molecule has 1 N–H and O–H groups in total. The molecule has 1 unspecified atom stereocenters. The number of rotatable bonds is 8. The Morgan fingerprint density at radius 2 is 1.89 bits per heavy atom. The highest BCUT2D eigenvalue weighted by atomic mass is 16.7. The largest absolute Gasteiger partial charge is 0.509 e. The molecular formula is C13H24N2O3. The molecule has 0 amide bonds. The van der Waals surface area contributed by atoms with Crippen molar-refractivity contribution in [1.82, 2.24) is 9.80 Å². The van der Waals surface area contributed by atoms with Crippen LogP contribution < -0.4 is 0 Å². The van der Waals surface area contributed by atoms with E-state index in [0.29, 0.717) is 0 Å². The number of hydrogen-bond donors (Lipinski definition) is 1. The van der Waals surface area contributed by atoms with E-state index in [9.17, 15) is 4.79 Å². The van der Waals surface area contributed by atoms with E-state index in [1.807, 2.05) is 24.3 Å². The zero-order chi connectivity index (χ0) is 13.4. The number of nitrogens with zero attached hydrogens (tertiary/aromatic N) is 2. The van der Waals surface area contributed by atoms with Crippen LogP contribution in [-0.2, 0) is 4.74 Å². The van der Waals surface area contributed by atoms with Gasteiger partial charge in [-0.25, -0.2) is 4.79 Å². The Bertz CT molecular complexity index is 281. The molecule has 1 heterocycles. The Morgan fingerprint density at radius 1 is 1.22 bits per heavy atom. The van der Waals surface area contributed by atoms with Crippen LogP contribution in [-0.4, -0.2) is 41.0 Å². The summed E-state index contributed by atoms with van der Waals surface area (Å²) in [5, 5.41) is 8.67. The van der Waals surface area contributed by atoms with Gasteiger partial charge in [-0.15, -0.1) is 0 Å².